The van der Waals surface area contributed by atoms with E-state index in [1.807, 2.05) is 19.1 Å². The molecule has 112 valence electrons. The molecule has 0 fully saturated rings. The molecule has 1 heterocycles. The van der Waals surface area contributed by atoms with Gasteiger partial charge in [0.15, 0.2) is 0 Å². The lowest BCUT2D eigenvalue weighted by Gasteiger charge is -2.27. The predicted molar refractivity (Wildman–Crippen MR) is 75.2 cm³/mol. The summed E-state index contributed by atoms with van der Waals surface area (Å²) >= 11 is 0. The fourth-order valence-electron chi connectivity index (χ4n) is 2.09. The van der Waals surface area contributed by atoms with Crippen molar-refractivity contribution in [2.45, 2.75) is 46.6 Å². The van der Waals surface area contributed by atoms with E-state index in [0.717, 1.165) is 5.76 Å². The van der Waals surface area contributed by atoms with Gasteiger partial charge in [-0.2, -0.15) is 0 Å². The van der Waals surface area contributed by atoms with E-state index in [4.69, 9.17) is 4.42 Å². The predicted octanol–water partition coefficient (Wildman–Crippen LogP) is 2.46. The van der Waals surface area contributed by atoms with Crippen molar-refractivity contribution >= 4 is 11.9 Å². The van der Waals surface area contributed by atoms with Gasteiger partial charge >= 0.3 is 5.97 Å². The highest BCUT2D eigenvalue weighted by Gasteiger charge is 2.37. The molecular formula is C15H23NO4. The molecule has 1 aromatic heterocycles. The first-order valence-electron chi connectivity index (χ1n) is 6.77. The van der Waals surface area contributed by atoms with E-state index in [1.165, 1.54) is 0 Å². The number of hydrogen-bond donors (Lipinski definition) is 2. The molecular weight excluding hydrogens is 258 g/mol. The van der Waals surface area contributed by atoms with E-state index in [9.17, 15) is 14.7 Å². The fourth-order valence-corrected chi connectivity index (χ4v) is 2.09. The number of aryl methyl sites for hydroxylation is 1. The second-order valence-corrected chi connectivity index (χ2v) is 6.16. The highest BCUT2D eigenvalue weighted by molar-refractivity contribution is 5.97. The third kappa shape index (κ3) is 4.72. The standard InChI is InChI=1S/C15H23NO4/c1-10(7-8-11-6-5-9-20-11)16-13(17)12(14(18)19)15(2,3)4/h5-6,9-10,12H,7-8H2,1-4H3,(H,16,17)(H,18,19). The average Bonchev–Trinajstić information content (AvgIpc) is 2.75. The maximum Gasteiger partial charge on any atom is 0.316 e. The fraction of sp³-hybridized carbons (Fsp3) is 0.600. The summed E-state index contributed by atoms with van der Waals surface area (Å²) < 4.78 is 5.22. The van der Waals surface area contributed by atoms with Crippen LogP contribution in [0.1, 0.15) is 39.9 Å². The van der Waals surface area contributed by atoms with Crippen molar-refractivity contribution in [3.05, 3.63) is 24.2 Å². The molecule has 2 N–H and O–H groups in total. The Morgan fingerprint density at radius 1 is 1.40 bits per heavy atom. The number of hydrogen-bond acceptors (Lipinski definition) is 3. The summed E-state index contributed by atoms with van der Waals surface area (Å²) in [5.74, 6) is -1.71. The van der Waals surface area contributed by atoms with Gasteiger partial charge in [0.05, 0.1) is 6.26 Å². The lowest BCUT2D eigenvalue weighted by molar-refractivity contribution is -0.151. The van der Waals surface area contributed by atoms with Crippen LogP contribution in [-0.4, -0.2) is 23.0 Å². The molecule has 0 spiro atoms. The molecule has 0 bridgehead atoms. The zero-order chi connectivity index (χ0) is 15.3. The molecule has 0 aliphatic carbocycles. The van der Waals surface area contributed by atoms with Gasteiger partial charge in [-0.1, -0.05) is 20.8 Å². The van der Waals surface area contributed by atoms with Crippen LogP contribution in [0.2, 0.25) is 0 Å². The summed E-state index contributed by atoms with van der Waals surface area (Å²) in [6, 6.07) is 3.60. The van der Waals surface area contributed by atoms with E-state index in [1.54, 1.807) is 27.0 Å². The second-order valence-electron chi connectivity index (χ2n) is 6.16. The summed E-state index contributed by atoms with van der Waals surface area (Å²) in [5, 5.41) is 12.0. The van der Waals surface area contributed by atoms with Crippen LogP contribution in [0.4, 0.5) is 0 Å². The molecule has 1 amide bonds. The number of nitrogens with one attached hydrogen (secondary N) is 1. The zero-order valence-electron chi connectivity index (χ0n) is 12.5. The van der Waals surface area contributed by atoms with Gasteiger partial charge < -0.3 is 14.8 Å². The Morgan fingerprint density at radius 3 is 2.50 bits per heavy atom. The molecule has 1 aromatic rings. The molecule has 0 aliphatic rings. The Hall–Kier alpha value is -1.78. The molecule has 0 aromatic carbocycles. The molecule has 0 radical (unpaired) electrons. The molecule has 5 heteroatoms. The van der Waals surface area contributed by atoms with E-state index >= 15 is 0 Å². The first kappa shape index (κ1) is 16.3. The number of carbonyl (C=O) groups excluding carboxylic acids is 1. The van der Waals surface area contributed by atoms with Gasteiger partial charge in [-0.15, -0.1) is 0 Å². The Morgan fingerprint density at radius 2 is 2.05 bits per heavy atom. The minimum absolute atomic E-state index is 0.100. The molecule has 0 saturated heterocycles. The minimum Gasteiger partial charge on any atom is -0.481 e. The monoisotopic (exact) mass is 281 g/mol. The Labute approximate surface area is 119 Å². The number of furan rings is 1. The van der Waals surface area contributed by atoms with Crippen LogP contribution in [-0.2, 0) is 16.0 Å². The number of aliphatic carboxylic acids is 1. The van der Waals surface area contributed by atoms with Crippen LogP contribution in [0.25, 0.3) is 0 Å². The largest absolute Gasteiger partial charge is 0.481 e. The lowest BCUT2D eigenvalue weighted by atomic mass is 9.80. The summed E-state index contributed by atoms with van der Waals surface area (Å²) in [4.78, 5) is 23.3. The van der Waals surface area contributed by atoms with Gasteiger partial charge in [0.1, 0.15) is 11.7 Å². The Bertz CT molecular complexity index is 445. The molecule has 0 aliphatic heterocycles. The molecule has 2 unspecified atom stereocenters. The average molecular weight is 281 g/mol. The number of carboxylic acid groups (broad SMARTS) is 1. The Kier molecular flexibility index (Phi) is 5.36. The maximum atomic E-state index is 12.1. The van der Waals surface area contributed by atoms with Gasteiger partial charge in [0, 0.05) is 12.5 Å². The third-order valence-corrected chi connectivity index (χ3v) is 3.17. The molecule has 0 saturated carbocycles. The van der Waals surface area contributed by atoms with Crippen molar-refractivity contribution in [2.75, 3.05) is 0 Å². The topological polar surface area (TPSA) is 79.5 Å². The number of carbonyl (C=O) groups is 2. The lowest BCUT2D eigenvalue weighted by Crippen LogP contribution is -2.45. The SMILES string of the molecule is CC(CCc1ccco1)NC(=O)C(C(=O)O)C(C)(C)C. The van der Waals surface area contributed by atoms with Crippen LogP contribution in [0.15, 0.2) is 22.8 Å². The second kappa shape index (κ2) is 6.59. The molecule has 20 heavy (non-hydrogen) atoms. The van der Waals surface area contributed by atoms with Crippen LogP contribution in [0.5, 0.6) is 0 Å². The quantitative estimate of drug-likeness (QED) is 0.785. The first-order chi connectivity index (χ1) is 9.21. The zero-order valence-corrected chi connectivity index (χ0v) is 12.5. The third-order valence-electron chi connectivity index (χ3n) is 3.17. The Balaban J connectivity index is 2.53. The van der Waals surface area contributed by atoms with E-state index in [-0.39, 0.29) is 6.04 Å². The van der Waals surface area contributed by atoms with Gasteiger partial charge in [-0.3, -0.25) is 9.59 Å². The van der Waals surface area contributed by atoms with Gasteiger partial charge in [0.25, 0.3) is 0 Å². The van der Waals surface area contributed by atoms with Crippen molar-refractivity contribution in [1.29, 1.82) is 0 Å². The van der Waals surface area contributed by atoms with E-state index in [2.05, 4.69) is 5.32 Å². The van der Waals surface area contributed by atoms with Crippen molar-refractivity contribution in [3.8, 4) is 0 Å². The minimum atomic E-state index is -1.09. The normalized spacial score (nSPS) is 14.6. The number of rotatable bonds is 6. The van der Waals surface area contributed by atoms with E-state index in [0.29, 0.717) is 12.8 Å². The first-order valence-corrected chi connectivity index (χ1v) is 6.77. The van der Waals surface area contributed by atoms with Gasteiger partial charge in [-0.05, 0) is 30.9 Å². The van der Waals surface area contributed by atoms with Crippen molar-refractivity contribution in [3.63, 3.8) is 0 Å². The smallest absolute Gasteiger partial charge is 0.316 e. The van der Waals surface area contributed by atoms with Crippen molar-refractivity contribution in [2.24, 2.45) is 11.3 Å². The van der Waals surface area contributed by atoms with E-state index < -0.39 is 23.2 Å². The molecule has 5 nitrogen and oxygen atoms in total. The molecule has 1 rings (SSSR count). The molecule has 2 atom stereocenters. The highest BCUT2D eigenvalue weighted by Crippen LogP contribution is 2.26. The summed E-state index contributed by atoms with van der Waals surface area (Å²) in [7, 11) is 0. The van der Waals surface area contributed by atoms with Gasteiger partial charge in [-0.25, -0.2) is 0 Å². The van der Waals surface area contributed by atoms with Crippen LogP contribution >= 0.6 is 0 Å². The summed E-state index contributed by atoms with van der Waals surface area (Å²) in [6.07, 6.45) is 3.02. The number of amides is 1. The van der Waals surface area contributed by atoms with Gasteiger partial charge in [0.2, 0.25) is 5.91 Å². The van der Waals surface area contributed by atoms with Crippen molar-refractivity contribution < 1.29 is 19.1 Å². The summed E-state index contributed by atoms with van der Waals surface area (Å²) in [6.45, 7) is 7.11. The highest BCUT2D eigenvalue weighted by atomic mass is 16.4. The van der Waals surface area contributed by atoms with Crippen LogP contribution in [0.3, 0.4) is 0 Å². The number of carboxylic acids is 1. The maximum absolute atomic E-state index is 12.1. The summed E-state index contributed by atoms with van der Waals surface area (Å²) in [5.41, 5.74) is -0.614. The van der Waals surface area contributed by atoms with Crippen LogP contribution in [0, 0.1) is 11.3 Å². The van der Waals surface area contributed by atoms with Crippen LogP contribution < -0.4 is 5.32 Å². The van der Waals surface area contributed by atoms with Crippen molar-refractivity contribution in [1.82, 2.24) is 5.32 Å².